The van der Waals surface area contributed by atoms with E-state index in [9.17, 15) is 0 Å². The minimum Gasteiger partial charge on any atom is -0.494 e. The Hall–Kier alpha value is -1.51. The van der Waals surface area contributed by atoms with E-state index < -0.39 is 0 Å². The summed E-state index contributed by atoms with van der Waals surface area (Å²) in [6.07, 6.45) is 2.86. The second-order valence-corrected chi connectivity index (χ2v) is 2.94. The monoisotopic (exact) mass is 206 g/mol. The number of nitrogens with one attached hydrogen (secondary N) is 1. The lowest BCUT2D eigenvalue weighted by Crippen LogP contribution is -1.87. The van der Waals surface area contributed by atoms with Gasteiger partial charge in [-0.3, -0.25) is 5.10 Å². The number of aromatic amines is 1. The Morgan fingerprint density at radius 1 is 1.33 bits per heavy atom. The van der Waals surface area contributed by atoms with Crippen LogP contribution in [0.25, 0.3) is 10.9 Å². The number of fused-ring (bicyclic) bond motifs is 1. The maximum Gasteiger partial charge on any atom is 0.144 e. The van der Waals surface area contributed by atoms with Gasteiger partial charge >= 0.3 is 0 Å². The fourth-order valence-electron chi connectivity index (χ4n) is 1.55. The molecule has 0 unspecified atom stereocenters. The second-order valence-electron chi connectivity index (χ2n) is 2.94. The van der Waals surface area contributed by atoms with Gasteiger partial charge in [-0.15, -0.1) is 0 Å². The van der Waals surface area contributed by atoms with Crippen molar-refractivity contribution in [3.63, 3.8) is 0 Å². The minimum atomic E-state index is 0.852. The van der Waals surface area contributed by atoms with Crippen LogP contribution in [0.2, 0.25) is 0 Å². The molecule has 82 valence electrons. The first-order valence-electron chi connectivity index (χ1n) is 5.35. The molecule has 15 heavy (non-hydrogen) atoms. The first-order chi connectivity index (χ1) is 7.36. The molecule has 0 aliphatic carbocycles. The molecule has 2 rings (SSSR count). The van der Waals surface area contributed by atoms with E-state index >= 15 is 0 Å². The molecular formula is C12H18N2O. The number of aromatic nitrogens is 2. The smallest absolute Gasteiger partial charge is 0.144 e. The molecule has 0 bridgehead atoms. The quantitative estimate of drug-likeness (QED) is 0.819. The van der Waals surface area contributed by atoms with Crippen LogP contribution >= 0.6 is 0 Å². The largest absolute Gasteiger partial charge is 0.494 e. The van der Waals surface area contributed by atoms with Crippen molar-refractivity contribution in [3.05, 3.63) is 23.9 Å². The molecule has 0 aliphatic rings. The van der Waals surface area contributed by atoms with Gasteiger partial charge in [0, 0.05) is 5.39 Å². The Morgan fingerprint density at radius 3 is 2.67 bits per heavy atom. The molecule has 0 radical (unpaired) electrons. The summed E-state index contributed by atoms with van der Waals surface area (Å²) >= 11 is 0. The lowest BCUT2D eigenvalue weighted by atomic mass is 10.1. The molecule has 0 saturated heterocycles. The Kier molecular flexibility index (Phi) is 4.16. The Balaban J connectivity index is 0.000000531. The summed E-state index contributed by atoms with van der Waals surface area (Å²) in [5.41, 5.74) is 2.28. The van der Waals surface area contributed by atoms with Crippen LogP contribution in [0, 0.1) is 0 Å². The summed E-state index contributed by atoms with van der Waals surface area (Å²) in [4.78, 5) is 0. The first kappa shape index (κ1) is 11.6. The van der Waals surface area contributed by atoms with Crippen molar-refractivity contribution >= 4 is 10.9 Å². The third-order valence-corrected chi connectivity index (χ3v) is 2.27. The summed E-state index contributed by atoms with van der Waals surface area (Å²) in [5, 5.41) is 8.11. The zero-order valence-corrected chi connectivity index (χ0v) is 9.79. The number of rotatable bonds is 2. The van der Waals surface area contributed by atoms with Crippen LogP contribution in [-0.2, 0) is 6.42 Å². The Morgan fingerprint density at radius 2 is 2.07 bits per heavy atom. The van der Waals surface area contributed by atoms with Crippen molar-refractivity contribution in [1.29, 1.82) is 0 Å². The molecule has 1 N–H and O–H groups in total. The third-order valence-electron chi connectivity index (χ3n) is 2.27. The fraction of sp³-hybridized carbons (Fsp3) is 0.417. The highest BCUT2D eigenvalue weighted by molar-refractivity contribution is 5.87. The summed E-state index contributed by atoms with van der Waals surface area (Å²) < 4.78 is 5.21. The molecule has 0 amide bonds. The number of benzene rings is 1. The van der Waals surface area contributed by atoms with Crippen LogP contribution in [0.15, 0.2) is 18.3 Å². The number of hydrogen-bond acceptors (Lipinski definition) is 2. The summed E-state index contributed by atoms with van der Waals surface area (Å²) in [6, 6.07) is 4.05. The molecule has 1 heterocycles. The normalized spacial score (nSPS) is 9.60. The predicted molar refractivity (Wildman–Crippen MR) is 63.4 cm³/mol. The molecule has 0 saturated carbocycles. The van der Waals surface area contributed by atoms with Crippen LogP contribution in [0.1, 0.15) is 26.3 Å². The molecule has 2 aromatic rings. The number of ether oxygens (including phenoxy) is 1. The minimum absolute atomic E-state index is 0.852. The van der Waals surface area contributed by atoms with Gasteiger partial charge in [0.05, 0.1) is 13.3 Å². The van der Waals surface area contributed by atoms with E-state index in [-0.39, 0.29) is 0 Å². The van der Waals surface area contributed by atoms with E-state index in [4.69, 9.17) is 4.74 Å². The lowest BCUT2D eigenvalue weighted by molar-refractivity contribution is 0.418. The van der Waals surface area contributed by atoms with Crippen molar-refractivity contribution in [3.8, 4) is 5.75 Å². The molecule has 0 atom stereocenters. The van der Waals surface area contributed by atoms with Gasteiger partial charge in [0.25, 0.3) is 0 Å². The van der Waals surface area contributed by atoms with E-state index in [0.717, 1.165) is 23.1 Å². The highest BCUT2D eigenvalue weighted by Gasteiger charge is 2.06. The van der Waals surface area contributed by atoms with Gasteiger partial charge in [-0.1, -0.05) is 26.8 Å². The van der Waals surface area contributed by atoms with Crippen molar-refractivity contribution in [2.24, 2.45) is 0 Å². The van der Waals surface area contributed by atoms with E-state index in [1.807, 2.05) is 26.1 Å². The summed E-state index contributed by atoms with van der Waals surface area (Å²) in [7, 11) is 1.67. The number of hydrogen-bond donors (Lipinski definition) is 1. The van der Waals surface area contributed by atoms with Crippen LogP contribution in [0.3, 0.4) is 0 Å². The lowest BCUT2D eigenvalue weighted by Gasteiger charge is -2.03. The zero-order chi connectivity index (χ0) is 11.3. The van der Waals surface area contributed by atoms with Gasteiger partial charge < -0.3 is 4.74 Å². The van der Waals surface area contributed by atoms with Crippen molar-refractivity contribution in [1.82, 2.24) is 10.2 Å². The molecule has 1 aromatic heterocycles. The molecule has 3 heteroatoms. The molecular weight excluding hydrogens is 188 g/mol. The standard InChI is InChI=1S/C10H12N2O.C2H6/c1-3-7-4-5-9(13-2)10-8(7)6-11-12-10;1-2/h4-6H,3H2,1-2H3,(H,11,12);1-2H3. The van der Waals surface area contributed by atoms with Crippen molar-refractivity contribution in [2.75, 3.05) is 7.11 Å². The van der Waals surface area contributed by atoms with Crippen molar-refractivity contribution < 1.29 is 4.74 Å². The van der Waals surface area contributed by atoms with Crippen LogP contribution in [0.4, 0.5) is 0 Å². The number of aryl methyl sites for hydroxylation is 1. The van der Waals surface area contributed by atoms with Crippen LogP contribution in [0.5, 0.6) is 5.75 Å². The van der Waals surface area contributed by atoms with Gasteiger partial charge in [0.15, 0.2) is 0 Å². The maximum absolute atomic E-state index is 5.21. The number of methoxy groups -OCH3 is 1. The highest BCUT2D eigenvalue weighted by Crippen LogP contribution is 2.26. The van der Waals surface area contributed by atoms with E-state index in [1.54, 1.807) is 7.11 Å². The molecule has 3 nitrogen and oxygen atoms in total. The van der Waals surface area contributed by atoms with E-state index in [1.165, 1.54) is 5.56 Å². The van der Waals surface area contributed by atoms with E-state index in [2.05, 4.69) is 23.2 Å². The fourth-order valence-corrected chi connectivity index (χ4v) is 1.55. The van der Waals surface area contributed by atoms with Gasteiger partial charge in [-0.05, 0) is 18.1 Å². The van der Waals surface area contributed by atoms with E-state index in [0.29, 0.717) is 0 Å². The van der Waals surface area contributed by atoms with Gasteiger partial charge in [-0.2, -0.15) is 5.10 Å². The summed E-state index contributed by atoms with van der Waals surface area (Å²) in [6.45, 7) is 6.13. The second kappa shape index (κ2) is 5.39. The maximum atomic E-state index is 5.21. The van der Waals surface area contributed by atoms with Gasteiger partial charge in [0.2, 0.25) is 0 Å². The van der Waals surface area contributed by atoms with Crippen LogP contribution < -0.4 is 4.74 Å². The molecule has 0 aliphatic heterocycles. The Labute approximate surface area is 90.5 Å². The van der Waals surface area contributed by atoms with Gasteiger partial charge in [0.1, 0.15) is 11.3 Å². The molecule has 1 aromatic carbocycles. The topological polar surface area (TPSA) is 37.9 Å². The van der Waals surface area contributed by atoms with Crippen molar-refractivity contribution in [2.45, 2.75) is 27.2 Å². The highest BCUT2D eigenvalue weighted by atomic mass is 16.5. The Bertz CT molecular complexity index is 382. The SMILES string of the molecule is CC.CCc1ccc(OC)c2[nH]ncc12. The average Bonchev–Trinajstić information content (AvgIpc) is 2.79. The molecule has 0 fully saturated rings. The summed E-state index contributed by atoms with van der Waals surface area (Å²) in [5.74, 6) is 0.852. The number of H-pyrrole nitrogens is 1. The van der Waals surface area contributed by atoms with Gasteiger partial charge in [-0.25, -0.2) is 0 Å². The third kappa shape index (κ3) is 2.12. The molecule has 0 spiro atoms. The average molecular weight is 206 g/mol. The first-order valence-corrected chi connectivity index (χ1v) is 5.35. The number of nitrogens with zero attached hydrogens (tertiary/aromatic N) is 1. The van der Waals surface area contributed by atoms with Crippen LogP contribution in [-0.4, -0.2) is 17.3 Å². The predicted octanol–water partition coefficient (Wildman–Crippen LogP) is 3.16. The zero-order valence-electron chi connectivity index (χ0n) is 9.79.